The first kappa shape index (κ1) is 17.8. The van der Waals surface area contributed by atoms with E-state index in [9.17, 15) is 15.0 Å². The van der Waals surface area contributed by atoms with E-state index in [1.807, 2.05) is 13.0 Å². The molecular formula is C24H29NO5. The summed E-state index contributed by atoms with van der Waals surface area (Å²) in [5, 5.41) is 23.1. The zero-order chi connectivity index (χ0) is 20.5. The van der Waals surface area contributed by atoms with Gasteiger partial charge >= 0.3 is 5.97 Å². The Bertz CT molecular complexity index is 975. The summed E-state index contributed by atoms with van der Waals surface area (Å²) in [6.07, 6.45) is 5.55. The molecule has 7 rings (SSSR count). The van der Waals surface area contributed by atoms with Crippen LogP contribution >= 0.6 is 0 Å². The number of piperidine rings is 1. The number of fused-ring (bicyclic) bond motifs is 1. The minimum Gasteiger partial charge on any atom is -0.504 e. The van der Waals surface area contributed by atoms with Gasteiger partial charge in [0.2, 0.25) is 0 Å². The van der Waals surface area contributed by atoms with Gasteiger partial charge in [-0.3, -0.25) is 9.69 Å². The maximum atomic E-state index is 12.5. The number of ether oxygens (including phenoxy) is 2. The van der Waals surface area contributed by atoms with Crippen LogP contribution in [0.25, 0.3) is 0 Å². The lowest BCUT2D eigenvalue weighted by atomic mass is 9.46. The van der Waals surface area contributed by atoms with Gasteiger partial charge < -0.3 is 19.7 Å². The van der Waals surface area contributed by atoms with Crippen LogP contribution in [0.4, 0.5) is 0 Å². The molecule has 3 heterocycles. The largest absolute Gasteiger partial charge is 0.504 e. The fourth-order valence-corrected chi connectivity index (χ4v) is 7.83. The number of nitrogens with zero attached hydrogens (tertiary/aromatic N) is 1. The molecule has 160 valence electrons. The number of hydrogen-bond acceptors (Lipinski definition) is 6. The molecule has 3 aliphatic carbocycles. The van der Waals surface area contributed by atoms with Gasteiger partial charge in [-0.2, -0.15) is 0 Å². The topological polar surface area (TPSA) is 79.2 Å². The molecular weight excluding hydrogens is 382 g/mol. The van der Waals surface area contributed by atoms with Crippen molar-refractivity contribution in [1.82, 2.24) is 4.90 Å². The highest BCUT2D eigenvalue weighted by Gasteiger charge is 2.77. The quantitative estimate of drug-likeness (QED) is 0.727. The maximum absolute atomic E-state index is 12.5. The van der Waals surface area contributed by atoms with Gasteiger partial charge in [0.15, 0.2) is 23.2 Å². The number of carbonyl (C=O) groups excluding carboxylic acids is 1. The van der Waals surface area contributed by atoms with E-state index < -0.39 is 22.7 Å². The van der Waals surface area contributed by atoms with Crippen LogP contribution < -0.4 is 4.74 Å². The second-order valence-electron chi connectivity index (χ2n) is 10.8. The second-order valence-corrected chi connectivity index (χ2v) is 10.8. The van der Waals surface area contributed by atoms with Gasteiger partial charge in [-0.15, -0.1) is 0 Å². The van der Waals surface area contributed by atoms with Crippen LogP contribution in [-0.2, 0) is 21.4 Å². The van der Waals surface area contributed by atoms with Gasteiger partial charge in [-0.05, 0) is 62.6 Å². The first-order chi connectivity index (χ1) is 14.4. The first-order valence-corrected chi connectivity index (χ1v) is 11.6. The van der Waals surface area contributed by atoms with Crippen molar-refractivity contribution in [3.8, 4) is 11.5 Å². The number of aromatic hydroxyl groups is 1. The smallest absolute Gasteiger partial charge is 0.309 e. The monoisotopic (exact) mass is 411 g/mol. The third-order valence-corrected chi connectivity index (χ3v) is 9.28. The molecule has 2 saturated heterocycles. The minimum absolute atomic E-state index is 0.0489. The molecule has 0 aromatic heterocycles. The van der Waals surface area contributed by atoms with Crippen molar-refractivity contribution in [3.05, 3.63) is 23.3 Å². The highest BCUT2D eigenvalue weighted by molar-refractivity contribution is 5.76. The van der Waals surface area contributed by atoms with Crippen molar-refractivity contribution in [3.63, 3.8) is 0 Å². The molecule has 3 aliphatic heterocycles. The molecule has 1 aromatic carbocycles. The summed E-state index contributed by atoms with van der Waals surface area (Å²) in [5.41, 5.74) is -0.101. The van der Waals surface area contributed by atoms with Crippen LogP contribution in [-0.4, -0.2) is 57.5 Å². The zero-order valence-electron chi connectivity index (χ0n) is 17.4. The molecule has 2 saturated carbocycles. The molecule has 2 N–H and O–H groups in total. The van der Waals surface area contributed by atoms with Gasteiger partial charge in [0.25, 0.3) is 0 Å². The molecule has 2 spiro atoms. The summed E-state index contributed by atoms with van der Waals surface area (Å²) in [5.74, 6) is 1.08. The van der Waals surface area contributed by atoms with E-state index in [1.54, 1.807) is 6.07 Å². The number of likely N-dealkylation sites (tertiary alicyclic amines) is 1. The normalized spacial score (nSPS) is 45.9. The molecule has 30 heavy (non-hydrogen) atoms. The van der Waals surface area contributed by atoms with Gasteiger partial charge in [0, 0.05) is 24.6 Å². The van der Waals surface area contributed by atoms with Crippen molar-refractivity contribution in [1.29, 1.82) is 0 Å². The standard InChI is InChI=1S/C24H29NO5/c1-13-11-22(30-20(13)27)6-7-24(28)17-10-15-4-5-16(26)19-18(15)23(24,21(22)29-19)8-9-25(17)12-14-2-3-14/h4-5,13-14,17,21,26,28H,2-3,6-12H2,1H3/t13?,17-,21?,22?,23+,24?/m1/s1. The number of esters is 1. The molecule has 6 aliphatic rings. The molecule has 0 amide bonds. The fourth-order valence-electron chi connectivity index (χ4n) is 7.83. The van der Waals surface area contributed by atoms with E-state index in [-0.39, 0.29) is 23.7 Å². The minimum atomic E-state index is -0.930. The first-order valence-electron chi connectivity index (χ1n) is 11.6. The van der Waals surface area contributed by atoms with E-state index in [4.69, 9.17) is 9.47 Å². The van der Waals surface area contributed by atoms with Crippen molar-refractivity contribution >= 4 is 5.97 Å². The van der Waals surface area contributed by atoms with Crippen LogP contribution in [0.3, 0.4) is 0 Å². The number of phenolic OH excluding ortho intramolecular Hbond substituents is 1. The Kier molecular flexibility index (Phi) is 3.17. The Morgan fingerprint density at radius 2 is 2.07 bits per heavy atom. The molecule has 4 fully saturated rings. The van der Waals surface area contributed by atoms with Crippen LogP contribution in [0, 0.1) is 11.8 Å². The molecule has 0 radical (unpaired) electrons. The average Bonchev–Trinajstić information content (AvgIpc) is 3.37. The van der Waals surface area contributed by atoms with Gasteiger partial charge in [0.05, 0.1) is 16.9 Å². The number of phenols is 1. The van der Waals surface area contributed by atoms with E-state index in [1.165, 1.54) is 18.4 Å². The predicted octanol–water partition coefficient (Wildman–Crippen LogP) is 2.28. The van der Waals surface area contributed by atoms with E-state index in [0.29, 0.717) is 25.0 Å². The van der Waals surface area contributed by atoms with Crippen molar-refractivity contribution in [2.24, 2.45) is 11.8 Å². The van der Waals surface area contributed by atoms with Crippen molar-refractivity contribution in [2.45, 2.75) is 80.6 Å². The third kappa shape index (κ3) is 1.88. The van der Waals surface area contributed by atoms with Crippen molar-refractivity contribution in [2.75, 3.05) is 13.1 Å². The second kappa shape index (κ2) is 5.33. The van der Waals surface area contributed by atoms with E-state index >= 15 is 0 Å². The Morgan fingerprint density at radius 3 is 2.80 bits per heavy atom. The fraction of sp³-hybridized carbons (Fsp3) is 0.708. The van der Waals surface area contributed by atoms with Gasteiger partial charge in [-0.25, -0.2) is 0 Å². The molecule has 1 aromatic rings. The Labute approximate surface area is 176 Å². The summed E-state index contributed by atoms with van der Waals surface area (Å²) >= 11 is 0. The Balaban J connectivity index is 1.43. The molecule has 4 unspecified atom stereocenters. The predicted molar refractivity (Wildman–Crippen MR) is 107 cm³/mol. The lowest BCUT2D eigenvalue weighted by Crippen LogP contribution is -2.79. The Hall–Kier alpha value is -1.79. The Morgan fingerprint density at radius 1 is 1.23 bits per heavy atom. The van der Waals surface area contributed by atoms with Crippen molar-refractivity contribution < 1.29 is 24.5 Å². The average molecular weight is 411 g/mol. The summed E-state index contributed by atoms with van der Waals surface area (Å²) in [7, 11) is 0. The number of benzene rings is 1. The molecule has 6 nitrogen and oxygen atoms in total. The maximum Gasteiger partial charge on any atom is 0.309 e. The third-order valence-electron chi connectivity index (χ3n) is 9.28. The molecule has 6 atom stereocenters. The SMILES string of the molecule is CC1CC2(CCC3(O)[C@H]4Cc5ccc(O)c6c5[C@@]3(CCN4CC3CC3)C2O6)OC1=O. The van der Waals surface area contributed by atoms with Crippen LogP contribution in [0.15, 0.2) is 12.1 Å². The lowest BCUT2D eigenvalue weighted by molar-refractivity contribution is -0.236. The summed E-state index contributed by atoms with van der Waals surface area (Å²) in [6, 6.07) is 3.79. The summed E-state index contributed by atoms with van der Waals surface area (Å²) in [6.45, 7) is 3.89. The number of aliphatic hydroxyl groups is 1. The van der Waals surface area contributed by atoms with Crippen LogP contribution in [0.1, 0.15) is 56.6 Å². The van der Waals surface area contributed by atoms with Gasteiger partial charge in [0.1, 0.15) is 0 Å². The lowest BCUT2D eigenvalue weighted by Gasteiger charge is -2.65. The number of rotatable bonds is 2. The van der Waals surface area contributed by atoms with E-state index in [0.717, 1.165) is 37.4 Å². The zero-order valence-corrected chi connectivity index (χ0v) is 17.4. The molecule has 6 heteroatoms. The number of hydrogen-bond donors (Lipinski definition) is 2. The van der Waals surface area contributed by atoms with Crippen LogP contribution in [0.5, 0.6) is 11.5 Å². The highest BCUT2D eigenvalue weighted by Crippen LogP contribution is 2.68. The van der Waals surface area contributed by atoms with Crippen LogP contribution in [0.2, 0.25) is 0 Å². The number of carbonyl (C=O) groups is 1. The van der Waals surface area contributed by atoms with Gasteiger partial charge in [-0.1, -0.05) is 13.0 Å². The summed E-state index contributed by atoms with van der Waals surface area (Å²) in [4.78, 5) is 15.0. The molecule has 2 bridgehead atoms. The summed E-state index contributed by atoms with van der Waals surface area (Å²) < 4.78 is 12.6. The highest BCUT2D eigenvalue weighted by atomic mass is 16.6. The van der Waals surface area contributed by atoms with E-state index in [2.05, 4.69) is 4.90 Å².